The molecular weight excluding hydrogens is 371 g/mol. The van der Waals surface area contributed by atoms with Gasteiger partial charge in [-0.3, -0.25) is 14.2 Å². The standard InChI is InChI=1S/C23H13FN2O3/c24-17-12-6-4-10-15(17)21-25-22-19(20(27)16-11-5-7-13-18(16)29-22)23(28)26(21)14-8-2-1-3-9-14/h1-13H. The van der Waals surface area contributed by atoms with Crippen LogP contribution in [0.1, 0.15) is 0 Å². The molecule has 0 saturated heterocycles. The number of hydrogen-bond acceptors (Lipinski definition) is 4. The highest BCUT2D eigenvalue weighted by Crippen LogP contribution is 2.25. The Kier molecular flexibility index (Phi) is 3.84. The number of para-hydroxylation sites is 2. The van der Waals surface area contributed by atoms with Crippen molar-refractivity contribution in [3.05, 3.63) is 105 Å². The first kappa shape index (κ1) is 17.1. The van der Waals surface area contributed by atoms with Crippen LogP contribution in [0.2, 0.25) is 0 Å². The third-order valence-corrected chi connectivity index (χ3v) is 4.74. The van der Waals surface area contributed by atoms with Crippen molar-refractivity contribution >= 4 is 22.1 Å². The molecule has 6 heteroatoms. The van der Waals surface area contributed by atoms with Crippen LogP contribution in [-0.2, 0) is 0 Å². The zero-order valence-corrected chi connectivity index (χ0v) is 15.0. The molecule has 0 aliphatic carbocycles. The number of benzene rings is 3. The van der Waals surface area contributed by atoms with Gasteiger partial charge in [0.25, 0.3) is 5.56 Å². The fourth-order valence-electron chi connectivity index (χ4n) is 3.39. The Morgan fingerprint density at radius 2 is 1.52 bits per heavy atom. The molecule has 2 aromatic heterocycles. The van der Waals surface area contributed by atoms with Crippen LogP contribution in [0.3, 0.4) is 0 Å². The molecular formula is C23H13FN2O3. The minimum Gasteiger partial charge on any atom is -0.437 e. The van der Waals surface area contributed by atoms with Gasteiger partial charge in [0, 0.05) is 0 Å². The summed E-state index contributed by atoms with van der Waals surface area (Å²) in [4.78, 5) is 30.9. The van der Waals surface area contributed by atoms with Gasteiger partial charge in [0.1, 0.15) is 11.4 Å². The molecule has 0 N–H and O–H groups in total. The molecule has 3 aromatic carbocycles. The van der Waals surface area contributed by atoms with Crippen molar-refractivity contribution in [3.63, 3.8) is 0 Å². The summed E-state index contributed by atoms with van der Waals surface area (Å²) in [5, 5.41) is 0.116. The van der Waals surface area contributed by atoms with Crippen LogP contribution in [0, 0.1) is 5.82 Å². The Morgan fingerprint density at radius 3 is 2.31 bits per heavy atom. The van der Waals surface area contributed by atoms with Gasteiger partial charge in [-0.2, -0.15) is 4.98 Å². The molecule has 0 radical (unpaired) electrons. The predicted octanol–water partition coefficient (Wildman–Crippen LogP) is 4.30. The molecule has 0 saturated carbocycles. The number of aromatic nitrogens is 2. The molecule has 0 unspecified atom stereocenters. The van der Waals surface area contributed by atoms with Crippen LogP contribution in [0.5, 0.6) is 0 Å². The Morgan fingerprint density at radius 1 is 0.828 bits per heavy atom. The lowest BCUT2D eigenvalue weighted by atomic mass is 10.1. The Labute approximate surface area is 163 Å². The summed E-state index contributed by atoms with van der Waals surface area (Å²) in [5.74, 6) is -0.475. The van der Waals surface area contributed by atoms with Crippen LogP contribution >= 0.6 is 0 Å². The third kappa shape index (κ3) is 2.65. The molecule has 0 atom stereocenters. The van der Waals surface area contributed by atoms with E-state index in [2.05, 4.69) is 4.98 Å². The number of fused-ring (bicyclic) bond motifs is 2. The second kappa shape index (κ2) is 6.53. The van der Waals surface area contributed by atoms with Crippen molar-refractivity contribution in [2.75, 3.05) is 0 Å². The molecule has 29 heavy (non-hydrogen) atoms. The van der Waals surface area contributed by atoms with E-state index < -0.39 is 16.8 Å². The number of halogens is 1. The van der Waals surface area contributed by atoms with Crippen LogP contribution < -0.4 is 11.0 Å². The molecule has 0 aliphatic heterocycles. The van der Waals surface area contributed by atoms with Crippen LogP contribution in [0.4, 0.5) is 4.39 Å². The molecule has 0 fully saturated rings. The monoisotopic (exact) mass is 384 g/mol. The second-order valence-corrected chi connectivity index (χ2v) is 6.50. The van der Waals surface area contributed by atoms with E-state index in [1.807, 2.05) is 0 Å². The average Bonchev–Trinajstić information content (AvgIpc) is 2.74. The first-order valence-electron chi connectivity index (χ1n) is 8.94. The quantitative estimate of drug-likeness (QED) is 0.426. The molecule has 2 heterocycles. The van der Waals surface area contributed by atoms with Crippen molar-refractivity contribution in [3.8, 4) is 17.1 Å². The Balaban J connectivity index is 2.01. The van der Waals surface area contributed by atoms with Crippen molar-refractivity contribution in [1.29, 1.82) is 0 Å². The zero-order valence-electron chi connectivity index (χ0n) is 15.0. The number of rotatable bonds is 2. The van der Waals surface area contributed by atoms with Crippen molar-refractivity contribution < 1.29 is 8.81 Å². The van der Waals surface area contributed by atoms with E-state index in [9.17, 15) is 14.0 Å². The highest BCUT2D eigenvalue weighted by Gasteiger charge is 2.21. The van der Waals surface area contributed by atoms with E-state index in [1.54, 1.807) is 66.7 Å². The van der Waals surface area contributed by atoms with Gasteiger partial charge in [0.2, 0.25) is 11.1 Å². The van der Waals surface area contributed by atoms with Crippen LogP contribution in [0.25, 0.3) is 39.1 Å². The maximum atomic E-state index is 14.6. The largest absolute Gasteiger partial charge is 0.437 e. The smallest absolute Gasteiger partial charge is 0.273 e. The Bertz CT molecular complexity index is 1500. The van der Waals surface area contributed by atoms with Crippen LogP contribution in [0.15, 0.2) is 92.9 Å². The lowest BCUT2D eigenvalue weighted by molar-refractivity contribution is 0.625. The van der Waals surface area contributed by atoms with E-state index in [0.29, 0.717) is 11.3 Å². The number of nitrogens with zero attached hydrogens (tertiary/aromatic N) is 2. The van der Waals surface area contributed by atoms with Crippen LogP contribution in [-0.4, -0.2) is 9.55 Å². The summed E-state index contributed by atoms with van der Waals surface area (Å²) in [5.41, 5.74) is -0.287. The third-order valence-electron chi connectivity index (χ3n) is 4.74. The summed E-state index contributed by atoms with van der Waals surface area (Å²) in [6, 6.07) is 21.4. The summed E-state index contributed by atoms with van der Waals surface area (Å²) in [6.07, 6.45) is 0. The minimum absolute atomic E-state index is 0.0604. The SMILES string of the molecule is O=c1c2ccccc2oc2nc(-c3ccccc3F)n(-c3ccccc3)c(=O)c12. The van der Waals surface area contributed by atoms with E-state index in [0.717, 1.165) is 0 Å². The van der Waals surface area contributed by atoms with Crippen molar-refractivity contribution in [1.82, 2.24) is 9.55 Å². The molecule has 0 bridgehead atoms. The van der Waals surface area contributed by atoms with Gasteiger partial charge in [0.05, 0.1) is 16.6 Å². The summed E-state index contributed by atoms with van der Waals surface area (Å²) >= 11 is 0. The fraction of sp³-hybridized carbons (Fsp3) is 0. The fourth-order valence-corrected chi connectivity index (χ4v) is 3.39. The molecule has 0 amide bonds. The molecule has 5 rings (SSSR count). The summed E-state index contributed by atoms with van der Waals surface area (Å²) in [7, 11) is 0. The van der Waals surface area contributed by atoms with Gasteiger partial charge < -0.3 is 4.42 Å². The molecule has 5 nitrogen and oxygen atoms in total. The maximum Gasteiger partial charge on any atom is 0.273 e. The average molecular weight is 384 g/mol. The first-order chi connectivity index (χ1) is 14.1. The second-order valence-electron chi connectivity index (χ2n) is 6.50. The maximum absolute atomic E-state index is 14.6. The lowest BCUT2D eigenvalue weighted by Crippen LogP contribution is -2.26. The first-order valence-corrected chi connectivity index (χ1v) is 8.94. The van der Waals surface area contributed by atoms with Crippen molar-refractivity contribution in [2.24, 2.45) is 0 Å². The molecule has 5 aromatic rings. The van der Waals surface area contributed by atoms with E-state index in [1.165, 1.54) is 16.7 Å². The summed E-state index contributed by atoms with van der Waals surface area (Å²) < 4.78 is 21.6. The summed E-state index contributed by atoms with van der Waals surface area (Å²) in [6.45, 7) is 0. The highest BCUT2D eigenvalue weighted by molar-refractivity contribution is 5.88. The van der Waals surface area contributed by atoms with E-state index in [4.69, 9.17) is 4.42 Å². The molecule has 0 spiro atoms. The van der Waals surface area contributed by atoms with Gasteiger partial charge in [-0.1, -0.05) is 42.5 Å². The zero-order chi connectivity index (χ0) is 20.0. The minimum atomic E-state index is -0.612. The van der Waals surface area contributed by atoms with E-state index >= 15 is 0 Å². The van der Waals surface area contributed by atoms with Gasteiger partial charge in [-0.15, -0.1) is 0 Å². The van der Waals surface area contributed by atoms with E-state index in [-0.39, 0.29) is 27.9 Å². The lowest BCUT2D eigenvalue weighted by Gasteiger charge is -2.14. The normalized spacial score (nSPS) is 11.2. The van der Waals surface area contributed by atoms with Gasteiger partial charge in [-0.05, 0) is 36.4 Å². The van der Waals surface area contributed by atoms with Gasteiger partial charge in [0.15, 0.2) is 11.2 Å². The van der Waals surface area contributed by atoms with Gasteiger partial charge >= 0.3 is 0 Å². The Hall–Kier alpha value is -4.06. The topological polar surface area (TPSA) is 65.1 Å². The molecule has 140 valence electrons. The van der Waals surface area contributed by atoms with Gasteiger partial charge in [-0.25, -0.2) is 4.39 Å². The molecule has 0 aliphatic rings. The predicted molar refractivity (Wildman–Crippen MR) is 109 cm³/mol. The number of hydrogen-bond donors (Lipinski definition) is 0. The highest BCUT2D eigenvalue weighted by atomic mass is 19.1. The van der Waals surface area contributed by atoms with Crippen molar-refractivity contribution in [2.45, 2.75) is 0 Å².